The van der Waals surface area contributed by atoms with E-state index in [1.165, 1.54) is 109 Å². The first kappa shape index (κ1) is 80.6. The summed E-state index contributed by atoms with van der Waals surface area (Å²) in [4.78, 5) is 35.3. The second-order valence-electron chi connectivity index (χ2n) is 21.9. The van der Waals surface area contributed by atoms with Crippen molar-refractivity contribution in [2.75, 3.05) is 26.4 Å². The SMILES string of the molecule is CC/C=C\C/C=C\C/C=C\C/C=C\C/C=C\C/C=C\C/C=C\C/C=C\CCCCCCC(=O)OC(COC(=O)CCCCCCCCCCCCCCCCCCCCC/C=C\C/C=C\C/C=C\C/C=C\C/C=C\CC)COP(=O)(O)OCCN. The molecule has 3 N–H and O–H groups in total. The van der Waals surface area contributed by atoms with E-state index in [9.17, 15) is 19.0 Å². The highest BCUT2D eigenvalue weighted by Crippen LogP contribution is 2.43. The fourth-order valence-electron chi connectivity index (χ4n) is 8.97. The summed E-state index contributed by atoms with van der Waals surface area (Å²) in [6.45, 7) is 3.49. The minimum atomic E-state index is -4.41. The Labute approximate surface area is 521 Å². The van der Waals surface area contributed by atoms with Crippen molar-refractivity contribution in [2.45, 2.75) is 277 Å². The van der Waals surface area contributed by atoms with Crippen LogP contribution in [0.2, 0.25) is 0 Å². The van der Waals surface area contributed by atoms with E-state index in [1.54, 1.807) is 0 Å². The molecular formula is C75H124NO8P. The third-order valence-electron chi connectivity index (χ3n) is 13.9. The van der Waals surface area contributed by atoms with Crippen molar-refractivity contribution in [1.29, 1.82) is 0 Å². The number of carbonyl (C=O) groups excluding carboxylic acids is 2. The van der Waals surface area contributed by atoms with Gasteiger partial charge < -0.3 is 20.1 Å². The number of esters is 2. The lowest BCUT2D eigenvalue weighted by molar-refractivity contribution is -0.161. The number of phosphoric ester groups is 1. The van der Waals surface area contributed by atoms with Crippen LogP contribution in [-0.2, 0) is 32.7 Å². The lowest BCUT2D eigenvalue weighted by Crippen LogP contribution is -2.29. The van der Waals surface area contributed by atoms with Gasteiger partial charge in [-0.05, 0) is 122 Å². The molecule has 9 nitrogen and oxygen atoms in total. The summed E-state index contributed by atoms with van der Waals surface area (Å²) >= 11 is 0. The van der Waals surface area contributed by atoms with Crippen molar-refractivity contribution in [3.8, 4) is 0 Å². The maximum absolute atomic E-state index is 12.7. The van der Waals surface area contributed by atoms with Gasteiger partial charge in [-0.25, -0.2) is 4.57 Å². The second kappa shape index (κ2) is 68.7. The first-order chi connectivity index (χ1) is 41.8. The number of phosphoric acid groups is 1. The highest BCUT2D eigenvalue weighted by atomic mass is 31.2. The summed E-state index contributed by atoms with van der Waals surface area (Å²) in [5.41, 5.74) is 5.40. The topological polar surface area (TPSA) is 134 Å². The Morgan fingerprint density at radius 3 is 0.906 bits per heavy atom. The van der Waals surface area contributed by atoms with E-state index < -0.39 is 32.5 Å². The van der Waals surface area contributed by atoms with Crippen LogP contribution in [0.25, 0.3) is 0 Å². The van der Waals surface area contributed by atoms with E-state index in [4.69, 9.17) is 24.3 Å². The molecule has 0 saturated carbocycles. The van der Waals surface area contributed by atoms with Crippen LogP contribution in [0.5, 0.6) is 0 Å². The number of rotatable bonds is 62. The summed E-state index contributed by atoms with van der Waals surface area (Å²) in [6, 6.07) is 0. The van der Waals surface area contributed by atoms with Crippen molar-refractivity contribution in [3.05, 3.63) is 158 Å². The molecule has 0 aliphatic rings. The third-order valence-corrected chi connectivity index (χ3v) is 14.9. The van der Waals surface area contributed by atoms with Crippen molar-refractivity contribution in [2.24, 2.45) is 5.73 Å². The molecule has 0 fully saturated rings. The predicted octanol–water partition coefficient (Wildman–Crippen LogP) is 22.4. The first-order valence-corrected chi connectivity index (χ1v) is 35.5. The van der Waals surface area contributed by atoms with Gasteiger partial charge in [0, 0.05) is 19.4 Å². The van der Waals surface area contributed by atoms with Crippen molar-refractivity contribution in [1.82, 2.24) is 0 Å². The molecule has 0 aromatic heterocycles. The van der Waals surface area contributed by atoms with Crippen molar-refractivity contribution in [3.63, 3.8) is 0 Å². The summed E-state index contributed by atoms with van der Waals surface area (Å²) in [6.07, 6.45) is 100. The van der Waals surface area contributed by atoms with Gasteiger partial charge in [0.2, 0.25) is 0 Å². The fourth-order valence-corrected chi connectivity index (χ4v) is 9.74. The van der Waals surface area contributed by atoms with Crippen LogP contribution in [0, 0.1) is 0 Å². The average Bonchev–Trinajstić information content (AvgIpc) is 3.52. The predicted molar refractivity (Wildman–Crippen MR) is 366 cm³/mol. The Morgan fingerprint density at radius 1 is 0.353 bits per heavy atom. The Morgan fingerprint density at radius 2 is 0.612 bits per heavy atom. The van der Waals surface area contributed by atoms with E-state index in [0.717, 1.165) is 128 Å². The first-order valence-electron chi connectivity index (χ1n) is 34.0. The van der Waals surface area contributed by atoms with Gasteiger partial charge in [-0.15, -0.1) is 0 Å². The summed E-state index contributed by atoms with van der Waals surface area (Å²) in [5.74, 6) is -0.860. The van der Waals surface area contributed by atoms with E-state index >= 15 is 0 Å². The number of nitrogens with two attached hydrogens (primary N) is 1. The molecule has 85 heavy (non-hydrogen) atoms. The van der Waals surface area contributed by atoms with Crippen LogP contribution < -0.4 is 5.73 Å². The lowest BCUT2D eigenvalue weighted by atomic mass is 10.0. The molecule has 10 heteroatoms. The zero-order valence-electron chi connectivity index (χ0n) is 54.0. The molecule has 0 spiro atoms. The molecule has 0 radical (unpaired) electrons. The second-order valence-corrected chi connectivity index (χ2v) is 23.4. The van der Waals surface area contributed by atoms with Crippen LogP contribution in [0.4, 0.5) is 0 Å². The third kappa shape index (κ3) is 68.6. The van der Waals surface area contributed by atoms with Gasteiger partial charge in [0.1, 0.15) is 6.61 Å². The minimum absolute atomic E-state index is 0.0418. The number of ether oxygens (including phenoxy) is 2. The van der Waals surface area contributed by atoms with Crippen LogP contribution >= 0.6 is 7.82 Å². The molecule has 0 rings (SSSR count). The van der Waals surface area contributed by atoms with E-state index in [1.807, 2.05) is 0 Å². The van der Waals surface area contributed by atoms with Gasteiger partial charge >= 0.3 is 19.8 Å². The lowest BCUT2D eigenvalue weighted by Gasteiger charge is -2.19. The standard InChI is InChI=1S/C75H124NO8P/c1-3-5-7-9-11-13-15-17-19-21-23-25-27-29-31-33-34-35-36-37-38-40-41-43-45-47-49-51-53-55-57-59-61-63-65-67-74(77)81-71-73(72-83-85(79,80)82-70-69-76)84-75(78)68-66-64-62-60-58-56-54-52-50-48-46-44-42-39-32-30-28-26-24-22-20-18-16-14-12-10-8-6-4-2/h5-8,11-14,17-20,23-26,29-32,42,44,48,50,54,56,73H,3-4,9-10,15-16,21-22,27-28,33-41,43,45-47,49,51-53,55,57-72,76H2,1-2H3,(H,79,80)/b7-5-,8-6-,13-11-,14-12-,19-17-,20-18-,25-23-,26-24-,31-29-,32-30-,44-42-,50-48-,56-54-. The molecule has 0 aliphatic heterocycles. The van der Waals surface area contributed by atoms with E-state index in [2.05, 4.69) is 172 Å². The Hall–Kier alpha value is -4.37. The fraction of sp³-hybridized carbons (Fsp3) is 0.627. The smallest absolute Gasteiger partial charge is 0.462 e. The maximum Gasteiger partial charge on any atom is 0.472 e. The molecule has 0 aromatic rings. The quantitative estimate of drug-likeness (QED) is 0.0264. The molecule has 2 atom stereocenters. The van der Waals surface area contributed by atoms with Gasteiger partial charge in [-0.2, -0.15) is 0 Å². The highest BCUT2D eigenvalue weighted by Gasteiger charge is 2.26. The number of hydrogen-bond donors (Lipinski definition) is 2. The zero-order valence-corrected chi connectivity index (χ0v) is 54.9. The maximum atomic E-state index is 12.7. The number of carbonyl (C=O) groups is 2. The zero-order chi connectivity index (χ0) is 61.6. The molecule has 0 aliphatic carbocycles. The van der Waals surface area contributed by atoms with Crippen LogP contribution in [0.15, 0.2) is 158 Å². The number of allylic oxidation sites excluding steroid dienone is 26. The minimum Gasteiger partial charge on any atom is -0.462 e. The van der Waals surface area contributed by atoms with Gasteiger partial charge in [0.05, 0.1) is 13.2 Å². The molecule has 0 saturated heterocycles. The summed E-state index contributed by atoms with van der Waals surface area (Å²) in [5, 5.41) is 0. The van der Waals surface area contributed by atoms with Gasteiger partial charge in [-0.1, -0.05) is 294 Å². The highest BCUT2D eigenvalue weighted by molar-refractivity contribution is 7.47. The van der Waals surface area contributed by atoms with Crippen molar-refractivity contribution >= 4 is 19.8 Å². The Kier molecular flexibility index (Phi) is 65.2. The molecule has 0 amide bonds. The monoisotopic (exact) mass is 1200 g/mol. The summed E-state index contributed by atoms with van der Waals surface area (Å²) < 4.78 is 33.1. The van der Waals surface area contributed by atoms with E-state index in [0.29, 0.717) is 6.42 Å². The molecule has 482 valence electrons. The Balaban J connectivity index is 3.96. The average molecular weight is 1200 g/mol. The van der Waals surface area contributed by atoms with Crippen LogP contribution in [0.1, 0.15) is 271 Å². The molecular weight excluding hydrogens is 1070 g/mol. The molecule has 0 bridgehead atoms. The number of unbranched alkanes of at least 4 members (excludes halogenated alkanes) is 23. The van der Waals surface area contributed by atoms with Gasteiger partial charge in [0.15, 0.2) is 6.10 Å². The van der Waals surface area contributed by atoms with E-state index in [-0.39, 0.29) is 32.6 Å². The summed E-state index contributed by atoms with van der Waals surface area (Å²) in [7, 11) is -4.41. The van der Waals surface area contributed by atoms with Crippen LogP contribution in [0.3, 0.4) is 0 Å². The molecule has 0 aromatic carbocycles. The van der Waals surface area contributed by atoms with Crippen molar-refractivity contribution < 1.29 is 37.6 Å². The molecule has 2 unspecified atom stereocenters. The Bertz CT molecular complexity index is 1950. The van der Waals surface area contributed by atoms with Gasteiger partial charge in [-0.3, -0.25) is 18.6 Å². The largest absolute Gasteiger partial charge is 0.472 e. The normalized spacial score (nSPS) is 14.0. The van der Waals surface area contributed by atoms with Gasteiger partial charge in [0.25, 0.3) is 0 Å². The molecule has 0 heterocycles. The van der Waals surface area contributed by atoms with Crippen LogP contribution in [-0.4, -0.2) is 49.3 Å². The number of hydrogen-bond acceptors (Lipinski definition) is 8.